The Bertz CT molecular complexity index is 517. The molecule has 2 rings (SSSR count). The van der Waals surface area contributed by atoms with E-state index in [1.54, 1.807) is 13.2 Å². The monoisotopic (exact) mass is 289 g/mol. The number of aliphatic carboxylic acids is 1. The summed E-state index contributed by atoms with van der Waals surface area (Å²) >= 11 is 0. The van der Waals surface area contributed by atoms with E-state index in [0.29, 0.717) is 5.92 Å². The topological polar surface area (TPSA) is 49.8 Å². The van der Waals surface area contributed by atoms with Gasteiger partial charge >= 0.3 is 5.97 Å². The van der Waals surface area contributed by atoms with Crippen molar-refractivity contribution in [3.63, 3.8) is 0 Å². The molecule has 1 aromatic carbocycles. The molecule has 1 aliphatic heterocycles. The van der Waals surface area contributed by atoms with Gasteiger partial charge in [-0.25, -0.2) is 4.79 Å². The van der Waals surface area contributed by atoms with Crippen LogP contribution in [-0.2, 0) is 9.53 Å². The van der Waals surface area contributed by atoms with E-state index in [1.165, 1.54) is 11.8 Å². The lowest BCUT2D eigenvalue weighted by Gasteiger charge is -2.33. The second-order valence-electron chi connectivity index (χ2n) is 5.60. The van der Waals surface area contributed by atoms with Crippen molar-refractivity contribution in [2.45, 2.75) is 19.8 Å². The van der Waals surface area contributed by atoms with Gasteiger partial charge in [-0.15, -0.1) is 0 Å². The van der Waals surface area contributed by atoms with Gasteiger partial charge in [0, 0.05) is 38.6 Å². The minimum atomic E-state index is -0.918. The molecular weight excluding hydrogens is 266 g/mol. The molecule has 0 atom stereocenters. The lowest BCUT2D eigenvalue weighted by Crippen LogP contribution is -2.35. The summed E-state index contributed by atoms with van der Waals surface area (Å²) in [4.78, 5) is 13.0. The number of carboxylic acid groups (broad SMARTS) is 1. The maximum absolute atomic E-state index is 10.6. The third-order valence-electron chi connectivity index (χ3n) is 4.04. The first-order valence-corrected chi connectivity index (χ1v) is 7.35. The number of hydrogen-bond donors (Lipinski definition) is 1. The van der Waals surface area contributed by atoms with Gasteiger partial charge in [-0.3, -0.25) is 0 Å². The van der Waals surface area contributed by atoms with Gasteiger partial charge in [-0.1, -0.05) is 6.07 Å². The van der Waals surface area contributed by atoms with Gasteiger partial charge in [-0.05, 0) is 55.0 Å². The zero-order valence-electron chi connectivity index (χ0n) is 12.7. The Balaban J connectivity index is 2.02. The molecule has 0 bridgehead atoms. The molecule has 114 valence electrons. The summed E-state index contributed by atoms with van der Waals surface area (Å²) in [6.07, 6.45) is 5.14. The van der Waals surface area contributed by atoms with Crippen LogP contribution < -0.4 is 4.90 Å². The number of nitrogens with zero attached hydrogens (tertiary/aromatic N) is 1. The molecule has 0 radical (unpaired) electrons. The summed E-state index contributed by atoms with van der Waals surface area (Å²) in [5, 5.41) is 8.69. The van der Waals surface area contributed by atoms with Crippen LogP contribution in [0.2, 0.25) is 0 Å². The first kappa shape index (κ1) is 15.6. The van der Waals surface area contributed by atoms with Crippen LogP contribution in [-0.4, -0.2) is 37.9 Å². The molecule has 0 amide bonds. The highest BCUT2D eigenvalue weighted by Crippen LogP contribution is 2.25. The Morgan fingerprint density at radius 2 is 2.14 bits per heavy atom. The number of hydrogen-bond acceptors (Lipinski definition) is 3. The van der Waals surface area contributed by atoms with Crippen molar-refractivity contribution in [2.75, 3.05) is 31.7 Å². The quantitative estimate of drug-likeness (QED) is 0.847. The number of piperidine rings is 1. The average Bonchev–Trinajstić information content (AvgIpc) is 2.47. The van der Waals surface area contributed by atoms with E-state index in [2.05, 4.69) is 17.0 Å². The number of ether oxygens (including phenoxy) is 1. The summed E-state index contributed by atoms with van der Waals surface area (Å²) < 4.78 is 5.23. The number of rotatable bonds is 5. The van der Waals surface area contributed by atoms with E-state index < -0.39 is 5.97 Å². The predicted molar refractivity (Wildman–Crippen MR) is 84.7 cm³/mol. The molecule has 0 aromatic heterocycles. The van der Waals surface area contributed by atoms with E-state index in [0.717, 1.165) is 43.7 Å². The van der Waals surface area contributed by atoms with Crippen molar-refractivity contribution in [3.05, 3.63) is 35.4 Å². The van der Waals surface area contributed by atoms with E-state index >= 15 is 0 Å². The molecule has 21 heavy (non-hydrogen) atoms. The number of carboxylic acids is 1. The molecule has 1 saturated heterocycles. The van der Waals surface area contributed by atoms with Crippen molar-refractivity contribution < 1.29 is 14.6 Å². The van der Waals surface area contributed by atoms with Crippen LogP contribution in [0.1, 0.15) is 24.0 Å². The van der Waals surface area contributed by atoms with Crippen molar-refractivity contribution in [1.29, 1.82) is 0 Å². The zero-order valence-corrected chi connectivity index (χ0v) is 12.7. The fourth-order valence-corrected chi connectivity index (χ4v) is 2.80. The van der Waals surface area contributed by atoms with Crippen LogP contribution in [0.3, 0.4) is 0 Å². The molecule has 1 heterocycles. The smallest absolute Gasteiger partial charge is 0.328 e. The Morgan fingerprint density at radius 1 is 1.43 bits per heavy atom. The van der Waals surface area contributed by atoms with Gasteiger partial charge in [-0.2, -0.15) is 0 Å². The summed E-state index contributed by atoms with van der Waals surface area (Å²) in [5.41, 5.74) is 3.27. The van der Waals surface area contributed by atoms with Crippen LogP contribution >= 0.6 is 0 Å². The molecule has 4 heteroatoms. The first-order chi connectivity index (χ1) is 10.1. The third kappa shape index (κ3) is 4.33. The van der Waals surface area contributed by atoms with Gasteiger partial charge in [0.15, 0.2) is 0 Å². The number of benzene rings is 1. The van der Waals surface area contributed by atoms with Gasteiger partial charge in [0.1, 0.15) is 0 Å². The molecule has 0 saturated carbocycles. The van der Waals surface area contributed by atoms with Crippen molar-refractivity contribution >= 4 is 17.7 Å². The standard InChI is InChI=1S/C17H23NO3/c1-13-11-16(5-3-15(13)4-6-17(19)20)18-9-7-14(8-10-18)12-21-2/h3-6,11,14H,7-10,12H2,1-2H3,(H,19,20). The third-order valence-corrected chi connectivity index (χ3v) is 4.04. The summed E-state index contributed by atoms with van der Waals surface area (Å²) in [6, 6.07) is 6.20. The molecule has 1 aliphatic rings. The fourth-order valence-electron chi connectivity index (χ4n) is 2.80. The van der Waals surface area contributed by atoms with Gasteiger partial charge in [0.2, 0.25) is 0 Å². The number of anilines is 1. The molecule has 1 fully saturated rings. The first-order valence-electron chi connectivity index (χ1n) is 7.35. The highest BCUT2D eigenvalue weighted by molar-refractivity contribution is 5.85. The maximum Gasteiger partial charge on any atom is 0.328 e. The van der Waals surface area contributed by atoms with E-state index in [1.807, 2.05) is 13.0 Å². The number of carbonyl (C=O) groups is 1. The molecule has 0 spiro atoms. The molecule has 1 N–H and O–H groups in total. The van der Waals surface area contributed by atoms with Crippen molar-refractivity contribution in [2.24, 2.45) is 5.92 Å². The van der Waals surface area contributed by atoms with E-state index in [4.69, 9.17) is 9.84 Å². The molecular formula is C17H23NO3. The second-order valence-corrected chi connectivity index (χ2v) is 5.60. The van der Waals surface area contributed by atoms with E-state index in [9.17, 15) is 4.79 Å². The Kier molecular flexibility index (Phi) is 5.39. The zero-order chi connectivity index (χ0) is 15.2. The molecule has 4 nitrogen and oxygen atoms in total. The summed E-state index contributed by atoms with van der Waals surface area (Å²) in [5.74, 6) is -0.246. The fraction of sp³-hybridized carbons (Fsp3) is 0.471. The highest BCUT2D eigenvalue weighted by Gasteiger charge is 2.19. The van der Waals surface area contributed by atoms with Gasteiger partial charge in [0.25, 0.3) is 0 Å². The normalized spacial score (nSPS) is 16.6. The lowest BCUT2D eigenvalue weighted by atomic mass is 9.97. The van der Waals surface area contributed by atoms with Crippen LogP contribution in [0.4, 0.5) is 5.69 Å². The second kappa shape index (κ2) is 7.27. The SMILES string of the molecule is COCC1CCN(c2ccc(C=CC(=O)O)c(C)c2)CC1. The number of aryl methyl sites for hydroxylation is 1. The van der Waals surface area contributed by atoms with Crippen LogP contribution in [0, 0.1) is 12.8 Å². The van der Waals surface area contributed by atoms with Gasteiger partial charge < -0.3 is 14.7 Å². The minimum absolute atomic E-state index is 0.671. The van der Waals surface area contributed by atoms with Crippen LogP contribution in [0.5, 0.6) is 0 Å². The Hall–Kier alpha value is -1.81. The summed E-state index contributed by atoms with van der Waals surface area (Å²) in [7, 11) is 1.76. The largest absolute Gasteiger partial charge is 0.478 e. The van der Waals surface area contributed by atoms with Gasteiger partial charge in [0.05, 0.1) is 0 Å². The molecule has 0 unspecified atom stereocenters. The van der Waals surface area contributed by atoms with Crippen molar-refractivity contribution in [3.8, 4) is 0 Å². The van der Waals surface area contributed by atoms with Crippen molar-refractivity contribution in [1.82, 2.24) is 0 Å². The van der Waals surface area contributed by atoms with Crippen LogP contribution in [0.25, 0.3) is 6.08 Å². The summed E-state index contributed by atoms with van der Waals surface area (Å²) in [6.45, 7) is 4.98. The maximum atomic E-state index is 10.6. The number of methoxy groups -OCH3 is 1. The van der Waals surface area contributed by atoms with E-state index in [-0.39, 0.29) is 0 Å². The lowest BCUT2D eigenvalue weighted by molar-refractivity contribution is -0.131. The minimum Gasteiger partial charge on any atom is -0.478 e. The molecule has 1 aromatic rings. The highest BCUT2D eigenvalue weighted by atomic mass is 16.5. The Labute approximate surface area is 126 Å². The Morgan fingerprint density at radius 3 is 2.71 bits per heavy atom. The average molecular weight is 289 g/mol. The predicted octanol–water partition coefficient (Wildman–Crippen LogP) is 2.96. The van der Waals surface area contributed by atoms with Crippen LogP contribution in [0.15, 0.2) is 24.3 Å². The molecule has 0 aliphatic carbocycles.